The first-order chi connectivity index (χ1) is 8.74. The van der Waals surface area contributed by atoms with Gasteiger partial charge in [0, 0.05) is 30.4 Å². The molecule has 2 aliphatic rings. The minimum absolute atomic E-state index is 0.394. The maximum absolute atomic E-state index is 13.6. The highest BCUT2D eigenvalue weighted by atomic mass is 19.1. The first-order valence-corrected chi connectivity index (χ1v) is 6.67. The third-order valence-corrected chi connectivity index (χ3v) is 3.99. The van der Waals surface area contributed by atoms with Crippen LogP contribution in [0.1, 0.15) is 18.4 Å². The summed E-state index contributed by atoms with van der Waals surface area (Å²) in [6, 6.07) is 2.46. The fourth-order valence-electron chi connectivity index (χ4n) is 3.07. The molecule has 1 aromatic rings. The number of piperidine rings is 1. The number of nitrogens with one attached hydrogen (secondary N) is 1. The highest BCUT2D eigenvalue weighted by Crippen LogP contribution is 2.32. The van der Waals surface area contributed by atoms with Crippen LogP contribution < -0.4 is 10.2 Å². The molecule has 0 aromatic heterocycles. The smallest absolute Gasteiger partial charge is 0.131 e. The predicted octanol–water partition coefficient (Wildman–Crippen LogP) is 2.33. The van der Waals surface area contributed by atoms with Gasteiger partial charge < -0.3 is 10.2 Å². The number of rotatable bonds is 2. The lowest BCUT2D eigenvalue weighted by atomic mass is 9.99. The Bertz CT molecular complexity index is 442. The average molecular weight is 252 g/mol. The van der Waals surface area contributed by atoms with Crippen molar-refractivity contribution in [2.75, 3.05) is 31.1 Å². The molecule has 1 N–H and O–H groups in total. The fraction of sp³-hybridized carbons (Fsp3) is 0.571. The molecule has 1 fully saturated rings. The summed E-state index contributed by atoms with van der Waals surface area (Å²) in [7, 11) is 0. The van der Waals surface area contributed by atoms with Gasteiger partial charge in [-0.25, -0.2) is 8.78 Å². The number of hydrogen-bond donors (Lipinski definition) is 1. The van der Waals surface area contributed by atoms with Crippen LogP contribution in [0.4, 0.5) is 14.5 Å². The van der Waals surface area contributed by atoms with E-state index in [0.29, 0.717) is 17.9 Å². The second-order valence-corrected chi connectivity index (χ2v) is 5.29. The SMILES string of the molecule is Fc1cc(F)c2c(c1)N(CC1CCCNC1)CC2. The molecule has 0 aliphatic carbocycles. The second kappa shape index (κ2) is 4.84. The Morgan fingerprint density at radius 3 is 3.00 bits per heavy atom. The number of nitrogens with zero attached hydrogens (tertiary/aromatic N) is 1. The largest absolute Gasteiger partial charge is 0.370 e. The van der Waals surface area contributed by atoms with E-state index in [4.69, 9.17) is 0 Å². The molecule has 0 spiro atoms. The van der Waals surface area contributed by atoms with Gasteiger partial charge in [-0.05, 0) is 44.3 Å². The summed E-state index contributed by atoms with van der Waals surface area (Å²) in [5.74, 6) is -0.273. The van der Waals surface area contributed by atoms with Crippen LogP contribution in [0.15, 0.2) is 12.1 Å². The Morgan fingerprint density at radius 2 is 2.22 bits per heavy atom. The number of fused-ring (bicyclic) bond motifs is 1. The number of hydrogen-bond acceptors (Lipinski definition) is 2. The van der Waals surface area contributed by atoms with Crippen molar-refractivity contribution in [1.29, 1.82) is 0 Å². The van der Waals surface area contributed by atoms with Gasteiger partial charge in [-0.3, -0.25) is 0 Å². The van der Waals surface area contributed by atoms with Crippen LogP contribution in [0.2, 0.25) is 0 Å². The van der Waals surface area contributed by atoms with Crippen molar-refractivity contribution >= 4 is 5.69 Å². The van der Waals surface area contributed by atoms with E-state index in [1.165, 1.54) is 18.9 Å². The molecule has 2 heterocycles. The molecular weight excluding hydrogens is 234 g/mol. The minimum Gasteiger partial charge on any atom is -0.370 e. The van der Waals surface area contributed by atoms with Crippen LogP contribution in [0, 0.1) is 17.6 Å². The summed E-state index contributed by atoms with van der Waals surface area (Å²) in [6.45, 7) is 3.83. The number of benzene rings is 1. The molecule has 98 valence electrons. The summed E-state index contributed by atoms with van der Waals surface area (Å²) < 4.78 is 26.9. The Balaban J connectivity index is 1.77. The summed E-state index contributed by atoms with van der Waals surface area (Å²) in [6.07, 6.45) is 3.10. The van der Waals surface area contributed by atoms with Gasteiger partial charge >= 0.3 is 0 Å². The van der Waals surface area contributed by atoms with Crippen molar-refractivity contribution in [3.8, 4) is 0 Å². The van der Waals surface area contributed by atoms with E-state index < -0.39 is 11.6 Å². The summed E-state index contributed by atoms with van der Waals surface area (Å²) in [5, 5.41) is 3.38. The zero-order valence-electron chi connectivity index (χ0n) is 10.4. The minimum atomic E-state index is -0.472. The van der Waals surface area contributed by atoms with E-state index in [0.717, 1.165) is 37.9 Å². The first kappa shape index (κ1) is 11.9. The molecule has 0 bridgehead atoms. The molecular formula is C14H18F2N2. The standard InChI is InChI=1S/C14H18F2N2/c15-11-6-13(16)12-3-5-18(14(12)7-11)9-10-2-1-4-17-8-10/h6-7,10,17H,1-5,8-9H2. The van der Waals surface area contributed by atoms with E-state index in [1.54, 1.807) is 0 Å². The van der Waals surface area contributed by atoms with Gasteiger partial charge in [0.05, 0.1) is 0 Å². The van der Waals surface area contributed by atoms with Gasteiger partial charge in [0.1, 0.15) is 11.6 Å². The molecule has 2 nitrogen and oxygen atoms in total. The van der Waals surface area contributed by atoms with Crippen LogP contribution in [0.25, 0.3) is 0 Å². The zero-order chi connectivity index (χ0) is 12.5. The second-order valence-electron chi connectivity index (χ2n) is 5.29. The Hall–Kier alpha value is -1.16. The number of anilines is 1. The lowest BCUT2D eigenvalue weighted by Gasteiger charge is -2.29. The van der Waals surface area contributed by atoms with E-state index in [9.17, 15) is 8.78 Å². The van der Waals surface area contributed by atoms with E-state index in [-0.39, 0.29) is 0 Å². The summed E-state index contributed by atoms with van der Waals surface area (Å²) in [5.41, 5.74) is 1.44. The maximum atomic E-state index is 13.6. The van der Waals surface area contributed by atoms with Crippen molar-refractivity contribution < 1.29 is 8.78 Å². The maximum Gasteiger partial charge on any atom is 0.131 e. The van der Waals surface area contributed by atoms with Crippen LogP contribution >= 0.6 is 0 Å². The monoisotopic (exact) mass is 252 g/mol. The van der Waals surface area contributed by atoms with Gasteiger partial charge in [-0.1, -0.05) is 0 Å². The first-order valence-electron chi connectivity index (χ1n) is 6.67. The van der Waals surface area contributed by atoms with Crippen LogP contribution in [0.5, 0.6) is 0 Å². The van der Waals surface area contributed by atoms with Crippen LogP contribution in [0.3, 0.4) is 0 Å². The molecule has 18 heavy (non-hydrogen) atoms. The zero-order valence-corrected chi connectivity index (χ0v) is 10.4. The quantitative estimate of drug-likeness (QED) is 0.869. The van der Waals surface area contributed by atoms with Crippen molar-refractivity contribution in [3.05, 3.63) is 29.3 Å². The molecule has 0 radical (unpaired) electrons. The molecule has 3 rings (SSSR count). The van der Waals surface area contributed by atoms with Gasteiger partial charge in [0.25, 0.3) is 0 Å². The third-order valence-electron chi connectivity index (χ3n) is 3.99. The molecule has 2 aliphatic heterocycles. The van der Waals surface area contributed by atoms with E-state index in [1.807, 2.05) is 0 Å². The predicted molar refractivity (Wildman–Crippen MR) is 67.9 cm³/mol. The summed E-state index contributed by atoms with van der Waals surface area (Å²) in [4.78, 5) is 2.14. The number of halogens is 2. The molecule has 1 aromatic carbocycles. The van der Waals surface area contributed by atoms with Crippen molar-refractivity contribution in [3.63, 3.8) is 0 Å². The Labute approximate surface area is 106 Å². The molecule has 4 heteroatoms. The topological polar surface area (TPSA) is 15.3 Å². The lowest BCUT2D eigenvalue weighted by Crippen LogP contribution is -2.37. The lowest BCUT2D eigenvalue weighted by molar-refractivity contribution is 0.378. The van der Waals surface area contributed by atoms with E-state index in [2.05, 4.69) is 10.2 Å². The Kier molecular flexibility index (Phi) is 3.20. The summed E-state index contributed by atoms with van der Waals surface area (Å²) >= 11 is 0. The van der Waals surface area contributed by atoms with Crippen LogP contribution in [-0.4, -0.2) is 26.2 Å². The van der Waals surface area contributed by atoms with Gasteiger partial charge in [-0.2, -0.15) is 0 Å². The van der Waals surface area contributed by atoms with Gasteiger partial charge in [-0.15, -0.1) is 0 Å². The Morgan fingerprint density at radius 1 is 1.33 bits per heavy atom. The molecule has 0 amide bonds. The molecule has 1 saturated heterocycles. The van der Waals surface area contributed by atoms with E-state index >= 15 is 0 Å². The molecule has 1 unspecified atom stereocenters. The highest BCUT2D eigenvalue weighted by Gasteiger charge is 2.26. The van der Waals surface area contributed by atoms with Crippen LogP contribution in [-0.2, 0) is 6.42 Å². The third kappa shape index (κ3) is 2.21. The van der Waals surface area contributed by atoms with Crippen molar-refractivity contribution in [2.24, 2.45) is 5.92 Å². The molecule has 0 saturated carbocycles. The fourth-order valence-corrected chi connectivity index (χ4v) is 3.07. The molecule has 1 atom stereocenters. The van der Waals surface area contributed by atoms with Crippen molar-refractivity contribution in [2.45, 2.75) is 19.3 Å². The van der Waals surface area contributed by atoms with Crippen molar-refractivity contribution in [1.82, 2.24) is 5.32 Å². The average Bonchev–Trinajstić information content (AvgIpc) is 2.74. The van der Waals surface area contributed by atoms with Gasteiger partial charge in [0.15, 0.2) is 0 Å². The van der Waals surface area contributed by atoms with Gasteiger partial charge in [0.2, 0.25) is 0 Å². The normalized spacial score (nSPS) is 23.2. The highest BCUT2D eigenvalue weighted by molar-refractivity contribution is 5.58.